The second-order valence-electron chi connectivity index (χ2n) is 5.43. The molecule has 1 aliphatic heterocycles. The van der Waals surface area contributed by atoms with Gasteiger partial charge in [0.1, 0.15) is 0 Å². The smallest absolute Gasteiger partial charge is 0.0670 e. The Balaban J connectivity index is 2.03. The third-order valence-electron chi connectivity index (χ3n) is 4.10. The van der Waals surface area contributed by atoms with Crippen LogP contribution >= 0.6 is 0 Å². The molecule has 1 aromatic carbocycles. The zero-order valence-electron chi connectivity index (χ0n) is 12.3. The minimum absolute atomic E-state index is 0.295. The molecular weight excluding hydrogens is 236 g/mol. The first-order chi connectivity index (χ1) is 9.24. The molecule has 0 aliphatic carbocycles. The van der Waals surface area contributed by atoms with Crippen molar-refractivity contribution in [3.63, 3.8) is 0 Å². The summed E-state index contributed by atoms with van der Waals surface area (Å²) in [5.41, 5.74) is 1.38. The molecule has 3 heteroatoms. The molecule has 2 rings (SSSR count). The van der Waals surface area contributed by atoms with Gasteiger partial charge in [0.05, 0.1) is 6.10 Å². The molecule has 1 N–H and O–H groups in total. The lowest BCUT2D eigenvalue weighted by Crippen LogP contribution is -2.54. The summed E-state index contributed by atoms with van der Waals surface area (Å²) in [4.78, 5) is 2.57. The quantitative estimate of drug-likeness (QED) is 0.882. The van der Waals surface area contributed by atoms with Crippen LogP contribution in [-0.4, -0.2) is 43.8 Å². The number of nitrogens with zero attached hydrogens (tertiary/aromatic N) is 1. The average Bonchev–Trinajstić information content (AvgIpc) is 2.48. The highest BCUT2D eigenvalue weighted by molar-refractivity contribution is 5.20. The Morgan fingerprint density at radius 2 is 2.11 bits per heavy atom. The van der Waals surface area contributed by atoms with Gasteiger partial charge in [0.15, 0.2) is 0 Å². The van der Waals surface area contributed by atoms with Gasteiger partial charge in [-0.25, -0.2) is 0 Å². The van der Waals surface area contributed by atoms with Crippen LogP contribution in [0.25, 0.3) is 0 Å². The molecule has 3 unspecified atom stereocenters. The molecule has 1 heterocycles. The SMILES string of the molecule is CCC1CNC(c2ccccc2)CN1CC(C)OC. The summed E-state index contributed by atoms with van der Waals surface area (Å²) in [6.45, 7) is 7.55. The highest BCUT2D eigenvalue weighted by Crippen LogP contribution is 2.21. The van der Waals surface area contributed by atoms with Gasteiger partial charge in [-0.1, -0.05) is 37.3 Å². The first kappa shape index (κ1) is 14.5. The standard InChI is InChI=1S/C16H26N2O/c1-4-15-10-17-16(14-8-6-5-7-9-14)12-18(15)11-13(2)19-3/h5-9,13,15-17H,4,10-12H2,1-3H3. The summed E-state index contributed by atoms with van der Waals surface area (Å²) >= 11 is 0. The number of hydrogen-bond donors (Lipinski definition) is 1. The van der Waals surface area contributed by atoms with E-state index in [9.17, 15) is 0 Å². The minimum atomic E-state index is 0.295. The zero-order valence-corrected chi connectivity index (χ0v) is 12.3. The predicted molar refractivity (Wildman–Crippen MR) is 79.3 cm³/mol. The zero-order chi connectivity index (χ0) is 13.7. The minimum Gasteiger partial charge on any atom is -0.380 e. The Labute approximate surface area is 116 Å². The van der Waals surface area contributed by atoms with E-state index >= 15 is 0 Å². The number of hydrogen-bond acceptors (Lipinski definition) is 3. The van der Waals surface area contributed by atoms with E-state index in [2.05, 4.69) is 54.4 Å². The van der Waals surface area contributed by atoms with Crippen molar-refractivity contribution >= 4 is 0 Å². The van der Waals surface area contributed by atoms with Crippen LogP contribution in [0, 0.1) is 0 Å². The van der Waals surface area contributed by atoms with Crippen molar-refractivity contribution in [3.8, 4) is 0 Å². The topological polar surface area (TPSA) is 24.5 Å². The fraction of sp³-hybridized carbons (Fsp3) is 0.625. The van der Waals surface area contributed by atoms with E-state index in [0.717, 1.165) is 19.6 Å². The Kier molecular flexibility index (Phi) is 5.37. The van der Waals surface area contributed by atoms with E-state index in [0.29, 0.717) is 18.2 Å². The summed E-state index contributed by atoms with van der Waals surface area (Å²) in [6.07, 6.45) is 1.48. The van der Waals surface area contributed by atoms with Crippen molar-refractivity contribution in [2.75, 3.05) is 26.7 Å². The molecule has 0 saturated carbocycles. The van der Waals surface area contributed by atoms with Crippen LogP contribution in [0.3, 0.4) is 0 Å². The molecule has 0 amide bonds. The van der Waals surface area contributed by atoms with Crippen LogP contribution in [0.1, 0.15) is 31.9 Å². The second kappa shape index (κ2) is 7.04. The summed E-state index contributed by atoms with van der Waals surface area (Å²) in [6, 6.07) is 11.8. The molecule has 19 heavy (non-hydrogen) atoms. The van der Waals surface area contributed by atoms with Crippen LogP contribution in [-0.2, 0) is 4.74 Å². The molecule has 0 radical (unpaired) electrons. The highest BCUT2D eigenvalue weighted by atomic mass is 16.5. The van der Waals surface area contributed by atoms with Crippen LogP contribution in [0.2, 0.25) is 0 Å². The van der Waals surface area contributed by atoms with Gasteiger partial charge < -0.3 is 10.1 Å². The van der Waals surface area contributed by atoms with Crippen LogP contribution in [0.4, 0.5) is 0 Å². The molecular formula is C16H26N2O. The third kappa shape index (κ3) is 3.78. The van der Waals surface area contributed by atoms with Gasteiger partial charge in [-0.2, -0.15) is 0 Å². The van der Waals surface area contributed by atoms with Crippen molar-refractivity contribution < 1.29 is 4.74 Å². The van der Waals surface area contributed by atoms with Gasteiger partial charge in [0, 0.05) is 38.8 Å². The summed E-state index contributed by atoms with van der Waals surface area (Å²) in [5, 5.41) is 3.68. The lowest BCUT2D eigenvalue weighted by Gasteiger charge is -2.41. The first-order valence-electron chi connectivity index (χ1n) is 7.29. The normalized spacial score (nSPS) is 26.3. The molecule has 3 nitrogen and oxygen atoms in total. The van der Waals surface area contributed by atoms with Crippen molar-refractivity contribution in [1.29, 1.82) is 0 Å². The van der Waals surface area contributed by atoms with Crippen LogP contribution < -0.4 is 5.32 Å². The van der Waals surface area contributed by atoms with Gasteiger partial charge in [-0.3, -0.25) is 4.90 Å². The molecule has 3 atom stereocenters. The van der Waals surface area contributed by atoms with E-state index in [1.165, 1.54) is 12.0 Å². The van der Waals surface area contributed by atoms with Crippen molar-refractivity contribution in [2.24, 2.45) is 0 Å². The Hall–Kier alpha value is -0.900. The number of rotatable bonds is 5. The predicted octanol–water partition coefficient (Wildman–Crippen LogP) is 2.45. The third-order valence-corrected chi connectivity index (χ3v) is 4.10. The molecule has 1 aliphatic rings. The van der Waals surface area contributed by atoms with Crippen LogP contribution in [0.15, 0.2) is 30.3 Å². The van der Waals surface area contributed by atoms with Gasteiger partial charge in [-0.05, 0) is 18.9 Å². The first-order valence-corrected chi connectivity index (χ1v) is 7.29. The number of nitrogens with one attached hydrogen (secondary N) is 1. The van der Waals surface area contributed by atoms with E-state index in [4.69, 9.17) is 4.74 Å². The fourth-order valence-corrected chi connectivity index (χ4v) is 2.80. The molecule has 1 fully saturated rings. The van der Waals surface area contributed by atoms with Gasteiger partial charge in [-0.15, -0.1) is 0 Å². The number of benzene rings is 1. The summed E-state index contributed by atoms with van der Waals surface area (Å²) < 4.78 is 5.42. The second-order valence-corrected chi connectivity index (χ2v) is 5.43. The van der Waals surface area contributed by atoms with E-state index in [-0.39, 0.29) is 0 Å². The largest absolute Gasteiger partial charge is 0.380 e. The number of ether oxygens (including phenoxy) is 1. The van der Waals surface area contributed by atoms with E-state index in [1.807, 2.05) is 0 Å². The van der Waals surface area contributed by atoms with Crippen molar-refractivity contribution in [1.82, 2.24) is 10.2 Å². The lowest BCUT2D eigenvalue weighted by atomic mass is 10.0. The molecule has 1 saturated heterocycles. The molecule has 106 valence electrons. The number of piperazine rings is 1. The molecule has 0 bridgehead atoms. The van der Waals surface area contributed by atoms with Gasteiger partial charge in [0.25, 0.3) is 0 Å². The Morgan fingerprint density at radius 1 is 1.37 bits per heavy atom. The number of methoxy groups -OCH3 is 1. The van der Waals surface area contributed by atoms with Crippen molar-refractivity contribution in [2.45, 2.75) is 38.5 Å². The van der Waals surface area contributed by atoms with Crippen molar-refractivity contribution in [3.05, 3.63) is 35.9 Å². The highest BCUT2D eigenvalue weighted by Gasteiger charge is 2.28. The Bertz CT molecular complexity index is 368. The molecule has 0 spiro atoms. The lowest BCUT2D eigenvalue weighted by molar-refractivity contribution is 0.0398. The maximum atomic E-state index is 5.42. The van der Waals surface area contributed by atoms with Gasteiger partial charge in [0.2, 0.25) is 0 Å². The van der Waals surface area contributed by atoms with E-state index < -0.39 is 0 Å². The van der Waals surface area contributed by atoms with E-state index in [1.54, 1.807) is 7.11 Å². The fourth-order valence-electron chi connectivity index (χ4n) is 2.80. The summed E-state index contributed by atoms with van der Waals surface area (Å²) in [7, 11) is 1.79. The Morgan fingerprint density at radius 3 is 2.74 bits per heavy atom. The maximum absolute atomic E-state index is 5.42. The summed E-state index contributed by atoms with van der Waals surface area (Å²) in [5.74, 6) is 0. The maximum Gasteiger partial charge on any atom is 0.0670 e. The average molecular weight is 262 g/mol. The van der Waals surface area contributed by atoms with Crippen LogP contribution in [0.5, 0.6) is 0 Å². The molecule has 1 aromatic rings. The van der Waals surface area contributed by atoms with Gasteiger partial charge >= 0.3 is 0 Å². The monoisotopic (exact) mass is 262 g/mol. The molecule has 0 aromatic heterocycles.